The summed E-state index contributed by atoms with van der Waals surface area (Å²) < 4.78 is 11.1. The molecule has 0 fully saturated rings. The summed E-state index contributed by atoms with van der Waals surface area (Å²) in [5.41, 5.74) is 0.903. The van der Waals surface area contributed by atoms with Crippen LogP contribution in [-0.4, -0.2) is 19.6 Å². The Hall–Kier alpha value is -2.69. The molecule has 2 N–H and O–H groups in total. The molecule has 0 aliphatic heterocycles. The lowest BCUT2D eigenvalue weighted by atomic mass is 10.2. The van der Waals surface area contributed by atoms with Gasteiger partial charge in [-0.05, 0) is 24.3 Å². The molecule has 2 heterocycles. The van der Waals surface area contributed by atoms with E-state index in [-0.39, 0.29) is 0 Å². The second-order valence-corrected chi connectivity index (χ2v) is 4.93. The number of guanidine groups is 1. The highest BCUT2D eigenvalue weighted by Gasteiger charge is 2.04. The number of benzene rings is 1. The van der Waals surface area contributed by atoms with Gasteiger partial charge in [-0.2, -0.15) is 0 Å². The van der Waals surface area contributed by atoms with Gasteiger partial charge in [-0.25, -0.2) is 0 Å². The minimum absolute atomic E-state index is 0.592. The number of nitrogens with zero attached hydrogens (tertiary/aromatic N) is 1. The first-order chi connectivity index (χ1) is 10.8. The molecule has 0 radical (unpaired) electrons. The first-order valence-corrected chi connectivity index (χ1v) is 7.29. The summed E-state index contributed by atoms with van der Waals surface area (Å²) in [6.07, 6.45) is 2.50. The molecule has 0 amide bonds. The van der Waals surface area contributed by atoms with Crippen LogP contribution in [-0.2, 0) is 13.0 Å². The number of furan rings is 2. The molecule has 0 atom stereocenters. The summed E-state index contributed by atoms with van der Waals surface area (Å²) in [5.74, 6) is 2.59. The molecule has 1 aromatic carbocycles. The van der Waals surface area contributed by atoms with Crippen LogP contribution in [0.4, 0.5) is 0 Å². The summed E-state index contributed by atoms with van der Waals surface area (Å²) in [4.78, 5) is 4.20. The molecule has 0 saturated heterocycles. The van der Waals surface area contributed by atoms with E-state index in [1.807, 2.05) is 42.5 Å². The molecule has 0 unspecified atom stereocenters. The van der Waals surface area contributed by atoms with Crippen molar-refractivity contribution in [3.63, 3.8) is 0 Å². The first-order valence-electron chi connectivity index (χ1n) is 7.29. The SMILES string of the molecule is CN=C(NCCc1ccco1)NCc1cc2ccccc2o1. The molecule has 3 aromatic rings. The molecule has 3 rings (SSSR count). The fraction of sp³-hybridized carbons (Fsp3) is 0.235. The quantitative estimate of drug-likeness (QED) is 0.561. The molecule has 22 heavy (non-hydrogen) atoms. The van der Waals surface area contributed by atoms with E-state index in [0.29, 0.717) is 6.54 Å². The number of fused-ring (bicyclic) bond motifs is 1. The zero-order valence-electron chi connectivity index (χ0n) is 12.5. The molecular formula is C17H19N3O2. The fourth-order valence-electron chi connectivity index (χ4n) is 2.27. The third kappa shape index (κ3) is 3.49. The molecule has 114 valence electrons. The second-order valence-electron chi connectivity index (χ2n) is 4.93. The molecular weight excluding hydrogens is 278 g/mol. The summed E-state index contributed by atoms with van der Waals surface area (Å²) in [6, 6.07) is 13.9. The van der Waals surface area contributed by atoms with Crippen molar-refractivity contribution in [1.29, 1.82) is 0 Å². The fourth-order valence-corrected chi connectivity index (χ4v) is 2.27. The van der Waals surface area contributed by atoms with Crippen LogP contribution in [0, 0.1) is 0 Å². The number of hydrogen-bond donors (Lipinski definition) is 2. The molecule has 5 nitrogen and oxygen atoms in total. The number of para-hydroxylation sites is 1. The Bertz CT molecular complexity index is 711. The van der Waals surface area contributed by atoms with Gasteiger partial charge in [0.05, 0.1) is 12.8 Å². The highest BCUT2D eigenvalue weighted by molar-refractivity contribution is 5.80. The molecule has 0 aliphatic carbocycles. The molecule has 0 aliphatic rings. The summed E-state index contributed by atoms with van der Waals surface area (Å²) in [5, 5.41) is 7.60. The van der Waals surface area contributed by atoms with E-state index in [1.165, 1.54) is 0 Å². The van der Waals surface area contributed by atoms with Gasteiger partial charge in [0.15, 0.2) is 5.96 Å². The van der Waals surface area contributed by atoms with Crippen LogP contribution in [0.3, 0.4) is 0 Å². The van der Waals surface area contributed by atoms with Crippen molar-refractivity contribution < 1.29 is 8.83 Å². The topological polar surface area (TPSA) is 62.7 Å². The summed E-state index contributed by atoms with van der Waals surface area (Å²) in [7, 11) is 1.75. The lowest BCUT2D eigenvalue weighted by Gasteiger charge is -2.10. The van der Waals surface area contributed by atoms with Crippen molar-refractivity contribution in [2.75, 3.05) is 13.6 Å². The van der Waals surface area contributed by atoms with E-state index in [1.54, 1.807) is 13.3 Å². The van der Waals surface area contributed by atoms with E-state index in [4.69, 9.17) is 8.83 Å². The highest BCUT2D eigenvalue weighted by atomic mass is 16.3. The predicted octanol–water partition coefficient (Wildman–Crippen LogP) is 2.93. The van der Waals surface area contributed by atoms with Crippen molar-refractivity contribution in [3.05, 3.63) is 60.2 Å². The smallest absolute Gasteiger partial charge is 0.191 e. The minimum Gasteiger partial charge on any atom is -0.469 e. The van der Waals surface area contributed by atoms with Crippen molar-refractivity contribution in [1.82, 2.24) is 10.6 Å². The molecule has 0 bridgehead atoms. The Kier molecular flexibility index (Phi) is 4.44. The Morgan fingerprint density at radius 2 is 2.00 bits per heavy atom. The van der Waals surface area contributed by atoms with Crippen LogP contribution in [0.5, 0.6) is 0 Å². The van der Waals surface area contributed by atoms with E-state index in [2.05, 4.69) is 15.6 Å². The van der Waals surface area contributed by atoms with Gasteiger partial charge in [0, 0.05) is 25.4 Å². The maximum absolute atomic E-state index is 5.77. The third-order valence-electron chi connectivity index (χ3n) is 3.37. The molecule has 0 spiro atoms. The Morgan fingerprint density at radius 1 is 1.09 bits per heavy atom. The van der Waals surface area contributed by atoms with Gasteiger partial charge in [-0.1, -0.05) is 18.2 Å². The van der Waals surface area contributed by atoms with Gasteiger partial charge in [-0.15, -0.1) is 0 Å². The lowest BCUT2D eigenvalue weighted by molar-refractivity contribution is 0.506. The normalized spacial score (nSPS) is 11.8. The molecule has 0 saturated carbocycles. The predicted molar refractivity (Wildman–Crippen MR) is 86.8 cm³/mol. The van der Waals surface area contributed by atoms with Gasteiger partial charge in [0.1, 0.15) is 17.1 Å². The number of nitrogens with one attached hydrogen (secondary N) is 2. The monoisotopic (exact) mass is 297 g/mol. The summed E-state index contributed by atoms with van der Waals surface area (Å²) in [6.45, 7) is 1.35. The summed E-state index contributed by atoms with van der Waals surface area (Å²) >= 11 is 0. The Morgan fingerprint density at radius 3 is 2.77 bits per heavy atom. The average Bonchev–Trinajstić information content (AvgIpc) is 3.19. The number of rotatable bonds is 5. The molecule has 2 aromatic heterocycles. The number of aliphatic imine (C=N–C) groups is 1. The van der Waals surface area contributed by atoms with E-state index < -0.39 is 0 Å². The van der Waals surface area contributed by atoms with E-state index in [0.717, 1.165) is 41.4 Å². The average molecular weight is 297 g/mol. The van der Waals surface area contributed by atoms with Crippen LogP contribution in [0.15, 0.2) is 62.6 Å². The molecule has 5 heteroatoms. The maximum Gasteiger partial charge on any atom is 0.191 e. The van der Waals surface area contributed by atoms with Gasteiger partial charge < -0.3 is 19.5 Å². The van der Waals surface area contributed by atoms with Gasteiger partial charge in [-0.3, -0.25) is 4.99 Å². The van der Waals surface area contributed by atoms with Gasteiger partial charge >= 0.3 is 0 Å². The van der Waals surface area contributed by atoms with Crippen molar-refractivity contribution >= 4 is 16.9 Å². The minimum atomic E-state index is 0.592. The van der Waals surface area contributed by atoms with Crippen LogP contribution in [0.2, 0.25) is 0 Å². The zero-order chi connectivity index (χ0) is 15.2. The maximum atomic E-state index is 5.77. The van der Waals surface area contributed by atoms with Gasteiger partial charge in [0.25, 0.3) is 0 Å². The van der Waals surface area contributed by atoms with Crippen molar-refractivity contribution in [3.8, 4) is 0 Å². The lowest BCUT2D eigenvalue weighted by Crippen LogP contribution is -2.37. The zero-order valence-corrected chi connectivity index (χ0v) is 12.5. The van der Waals surface area contributed by atoms with E-state index in [9.17, 15) is 0 Å². The highest BCUT2D eigenvalue weighted by Crippen LogP contribution is 2.18. The van der Waals surface area contributed by atoms with Crippen LogP contribution in [0.25, 0.3) is 11.0 Å². The first kappa shape index (κ1) is 14.3. The second kappa shape index (κ2) is 6.85. The van der Waals surface area contributed by atoms with Gasteiger partial charge in [0.2, 0.25) is 0 Å². The van der Waals surface area contributed by atoms with Crippen LogP contribution >= 0.6 is 0 Å². The standard InChI is InChI=1S/C17H19N3O2/c1-18-17(19-9-8-14-6-4-10-21-14)20-12-15-11-13-5-2-3-7-16(13)22-15/h2-7,10-11H,8-9,12H2,1H3,(H2,18,19,20). The van der Waals surface area contributed by atoms with Crippen LogP contribution < -0.4 is 10.6 Å². The van der Waals surface area contributed by atoms with E-state index >= 15 is 0 Å². The van der Waals surface area contributed by atoms with Crippen molar-refractivity contribution in [2.45, 2.75) is 13.0 Å². The Balaban J connectivity index is 1.50. The number of hydrogen-bond acceptors (Lipinski definition) is 3. The Labute approximate surface area is 129 Å². The van der Waals surface area contributed by atoms with Crippen LogP contribution in [0.1, 0.15) is 11.5 Å². The third-order valence-corrected chi connectivity index (χ3v) is 3.37. The van der Waals surface area contributed by atoms with Crippen molar-refractivity contribution in [2.24, 2.45) is 4.99 Å². The largest absolute Gasteiger partial charge is 0.469 e.